The number of H-pyrrole nitrogens is 1. The summed E-state index contributed by atoms with van der Waals surface area (Å²) in [7, 11) is 0. The van der Waals surface area contributed by atoms with Crippen LogP contribution in [0.2, 0.25) is 0 Å². The van der Waals surface area contributed by atoms with Crippen molar-refractivity contribution < 1.29 is 9.90 Å². The summed E-state index contributed by atoms with van der Waals surface area (Å²) in [5, 5.41) is 10.2. The van der Waals surface area contributed by atoms with Gasteiger partial charge in [0, 0.05) is 17.1 Å². The zero-order chi connectivity index (χ0) is 12.7. The van der Waals surface area contributed by atoms with Crippen LogP contribution in [0.4, 0.5) is 0 Å². The van der Waals surface area contributed by atoms with Crippen molar-refractivity contribution in [2.75, 3.05) is 0 Å². The van der Waals surface area contributed by atoms with Crippen molar-refractivity contribution in [3.05, 3.63) is 35.5 Å². The summed E-state index contributed by atoms with van der Waals surface area (Å²) in [6, 6.07) is 6.33. The number of carboxylic acid groups (broad SMARTS) is 1. The lowest BCUT2D eigenvalue weighted by molar-refractivity contribution is -0.137. The van der Waals surface area contributed by atoms with E-state index in [2.05, 4.69) is 23.2 Å². The zero-order valence-electron chi connectivity index (χ0n) is 10.4. The fourth-order valence-electron chi connectivity index (χ4n) is 2.74. The predicted molar refractivity (Wildman–Crippen MR) is 70.9 cm³/mol. The van der Waals surface area contributed by atoms with Gasteiger partial charge in [-0.25, -0.2) is 0 Å². The average molecular weight is 243 g/mol. The molecule has 0 saturated heterocycles. The third kappa shape index (κ3) is 1.90. The van der Waals surface area contributed by atoms with E-state index >= 15 is 0 Å². The highest BCUT2D eigenvalue weighted by Gasteiger charge is 2.27. The highest BCUT2D eigenvalue weighted by atomic mass is 16.4. The van der Waals surface area contributed by atoms with Gasteiger partial charge >= 0.3 is 5.97 Å². The van der Waals surface area contributed by atoms with Crippen molar-refractivity contribution in [3.8, 4) is 0 Å². The molecule has 1 aromatic carbocycles. The molecule has 3 nitrogen and oxygen atoms in total. The molecule has 1 aliphatic rings. The zero-order valence-corrected chi connectivity index (χ0v) is 10.4. The molecule has 0 amide bonds. The molecule has 18 heavy (non-hydrogen) atoms. The number of hydrogen-bond donors (Lipinski definition) is 2. The van der Waals surface area contributed by atoms with Gasteiger partial charge in [-0.05, 0) is 41.9 Å². The molecule has 3 rings (SSSR count). The van der Waals surface area contributed by atoms with Crippen LogP contribution in [-0.2, 0) is 4.79 Å². The molecule has 1 aromatic heterocycles. The lowest BCUT2D eigenvalue weighted by Crippen LogP contribution is -2.02. The first kappa shape index (κ1) is 11.3. The number of aliphatic carboxylic acids is 1. The maximum atomic E-state index is 10.9. The molecule has 1 heterocycles. The highest BCUT2D eigenvalue weighted by molar-refractivity contribution is 5.88. The van der Waals surface area contributed by atoms with Crippen molar-refractivity contribution in [1.82, 2.24) is 4.98 Å². The van der Waals surface area contributed by atoms with Crippen LogP contribution in [0.5, 0.6) is 0 Å². The molecule has 2 aromatic rings. The summed E-state index contributed by atoms with van der Waals surface area (Å²) < 4.78 is 0. The van der Waals surface area contributed by atoms with E-state index in [1.54, 1.807) is 0 Å². The number of aromatic nitrogens is 1. The Morgan fingerprint density at radius 1 is 1.50 bits per heavy atom. The van der Waals surface area contributed by atoms with E-state index in [9.17, 15) is 4.79 Å². The standard InChI is InChI=1S/C15H17NO2/c1-9(7-14(17)18)12-8-16-13-4-2-3-11(15(12)13)10-5-6-10/h2-4,8-10,16H,5-7H2,1H3,(H,17,18). The molecule has 0 radical (unpaired) electrons. The van der Waals surface area contributed by atoms with Crippen LogP contribution in [0, 0.1) is 0 Å². The highest BCUT2D eigenvalue weighted by Crippen LogP contribution is 2.44. The first-order valence-corrected chi connectivity index (χ1v) is 6.48. The van der Waals surface area contributed by atoms with E-state index < -0.39 is 5.97 Å². The molecular weight excluding hydrogens is 226 g/mol. The Morgan fingerprint density at radius 3 is 2.94 bits per heavy atom. The number of carbonyl (C=O) groups is 1. The quantitative estimate of drug-likeness (QED) is 0.861. The summed E-state index contributed by atoms with van der Waals surface area (Å²) in [5.74, 6) is -0.00261. The molecule has 0 aliphatic heterocycles. The van der Waals surface area contributed by atoms with E-state index in [1.165, 1.54) is 23.8 Å². The van der Waals surface area contributed by atoms with Crippen molar-refractivity contribution in [1.29, 1.82) is 0 Å². The number of fused-ring (bicyclic) bond motifs is 1. The molecule has 0 spiro atoms. The van der Waals surface area contributed by atoms with Crippen molar-refractivity contribution in [2.24, 2.45) is 0 Å². The second kappa shape index (κ2) is 4.16. The Morgan fingerprint density at radius 2 is 2.28 bits per heavy atom. The van der Waals surface area contributed by atoms with Crippen LogP contribution >= 0.6 is 0 Å². The molecule has 1 aliphatic carbocycles. The Hall–Kier alpha value is -1.77. The summed E-state index contributed by atoms with van der Waals surface area (Å²) in [6.45, 7) is 1.99. The largest absolute Gasteiger partial charge is 0.481 e. The van der Waals surface area contributed by atoms with Gasteiger partial charge in [0.25, 0.3) is 0 Å². The number of benzene rings is 1. The molecule has 1 atom stereocenters. The van der Waals surface area contributed by atoms with Crippen LogP contribution in [0.1, 0.15) is 49.1 Å². The number of rotatable bonds is 4. The average Bonchev–Trinajstić information content (AvgIpc) is 3.06. The summed E-state index contributed by atoms with van der Waals surface area (Å²) in [4.78, 5) is 14.1. The monoisotopic (exact) mass is 243 g/mol. The second-order valence-electron chi connectivity index (χ2n) is 5.29. The maximum absolute atomic E-state index is 10.9. The Kier molecular flexibility index (Phi) is 2.62. The molecule has 94 valence electrons. The lowest BCUT2D eigenvalue weighted by atomic mass is 9.93. The SMILES string of the molecule is CC(CC(=O)O)c1c[nH]c2cccc(C3CC3)c12. The Balaban J connectivity index is 2.08. The van der Waals surface area contributed by atoms with Crippen LogP contribution in [0.15, 0.2) is 24.4 Å². The molecule has 1 fully saturated rings. The van der Waals surface area contributed by atoms with Gasteiger partial charge in [-0.3, -0.25) is 4.79 Å². The fourth-order valence-corrected chi connectivity index (χ4v) is 2.74. The number of hydrogen-bond acceptors (Lipinski definition) is 1. The molecule has 1 saturated carbocycles. The van der Waals surface area contributed by atoms with Crippen LogP contribution in [-0.4, -0.2) is 16.1 Å². The van der Waals surface area contributed by atoms with Crippen molar-refractivity contribution >= 4 is 16.9 Å². The normalized spacial score (nSPS) is 16.9. The first-order chi connectivity index (χ1) is 8.66. The van der Waals surface area contributed by atoms with Gasteiger partial charge in [0.2, 0.25) is 0 Å². The second-order valence-corrected chi connectivity index (χ2v) is 5.29. The number of nitrogens with one attached hydrogen (secondary N) is 1. The van der Waals surface area contributed by atoms with Gasteiger partial charge in [-0.1, -0.05) is 19.1 Å². The summed E-state index contributed by atoms with van der Waals surface area (Å²) >= 11 is 0. The van der Waals surface area contributed by atoms with Gasteiger partial charge in [0.1, 0.15) is 0 Å². The third-order valence-electron chi connectivity index (χ3n) is 3.80. The summed E-state index contributed by atoms with van der Waals surface area (Å²) in [6.07, 6.45) is 4.68. The molecule has 0 bridgehead atoms. The molecule has 2 N–H and O–H groups in total. The lowest BCUT2D eigenvalue weighted by Gasteiger charge is -2.10. The summed E-state index contributed by atoms with van der Waals surface area (Å²) in [5.41, 5.74) is 3.67. The van der Waals surface area contributed by atoms with Crippen molar-refractivity contribution in [2.45, 2.75) is 38.0 Å². The fraction of sp³-hybridized carbons (Fsp3) is 0.400. The van der Waals surface area contributed by atoms with Crippen LogP contribution in [0.25, 0.3) is 10.9 Å². The topological polar surface area (TPSA) is 53.1 Å². The minimum atomic E-state index is -0.735. The van der Waals surface area contributed by atoms with Gasteiger partial charge in [-0.2, -0.15) is 0 Å². The minimum absolute atomic E-state index is 0.0520. The van der Waals surface area contributed by atoms with Gasteiger partial charge in [0.05, 0.1) is 6.42 Å². The minimum Gasteiger partial charge on any atom is -0.481 e. The van der Waals surface area contributed by atoms with E-state index in [4.69, 9.17) is 5.11 Å². The van der Waals surface area contributed by atoms with Crippen LogP contribution < -0.4 is 0 Å². The molecule has 1 unspecified atom stereocenters. The Bertz CT molecular complexity index is 596. The molecular formula is C15H17NO2. The van der Waals surface area contributed by atoms with Gasteiger partial charge in [0.15, 0.2) is 0 Å². The third-order valence-corrected chi connectivity index (χ3v) is 3.80. The first-order valence-electron chi connectivity index (χ1n) is 6.48. The Labute approximate surface area is 106 Å². The van der Waals surface area contributed by atoms with Gasteiger partial charge in [-0.15, -0.1) is 0 Å². The van der Waals surface area contributed by atoms with E-state index in [0.717, 1.165) is 11.1 Å². The smallest absolute Gasteiger partial charge is 0.303 e. The predicted octanol–water partition coefficient (Wildman–Crippen LogP) is 3.62. The maximum Gasteiger partial charge on any atom is 0.303 e. The van der Waals surface area contributed by atoms with E-state index in [0.29, 0.717) is 5.92 Å². The molecule has 3 heteroatoms. The van der Waals surface area contributed by atoms with Gasteiger partial charge < -0.3 is 10.1 Å². The van der Waals surface area contributed by atoms with Crippen LogP contribution in [0.3, 0.4) is 0 Å². The van der Waals surface area contributed by atoms with E-state index in [-0.39, 0.29) is 12.3 Å². The van der Waals surface area contributed by atoms with E-state index in [1.807, 2.05) is 13.1 Å². The van der Waals surface area contributed by atoms with Crippen molar-refractivity contribution in [3.63, 3.8) is 0 Å². The number of carboxylic acids is 1. The number of aromatic amines is 1.